The maximum absolute atomic E-state index is 12.8. The third-order valence-electron chi connectivity index (χ3n) is 1.64. The Labute approximate surface area is 74.6 Å². The number of nitrogens with zero attached hydrogens (tertiary/aromatic N) is 1. The minimum Gasteiger partial charge on any atom is -0.397 e. The summed E-state index contributed by atoms with van der Waals surface area (Å²) in [6.45, 7) is 1.27. The van der Waals surface area contributed by atoms with Gasteiger partial charge in [0.15, 0.2) is 5.78 Å². The molecule has 0 saturated heterocycles. The van der Waals surface area contributed by atoms with E-state index in [2.05, 4.69) is 0 Å². The van der Waals surface area contributed by atoms with Gasteiger partial charge in [-0.1, -0.05) is 0 Å². The maximum Gasteiger partial charge on any atom is 0.162 e. The Hall–Kier alpha value is -1.89. The monoisotopic (exact) mass is 178 g/mol. The van der Waals surface area contributed by atoms with Crippen LogP contribution in [-0.2, 0) is 0 Å². The van der Waals surface area contributed by atoms with Crippen molar-refractivity contribution in [2.45, 2.75) is 6.92 Å². The van der Waals surface area contributed by atoms with Crippen molar-refractivity contribution in [2.24, 2.45) is 0 Å². The summed E-state index contributed by atoms with van der Waals surface area (Å²) in [6, 6.07) is 3.74. The topological polar surface area (TPSA) is 66.9 Å². The standard InChI is InChI=1S/C9H7FN2O/c1-5(13)8-3-7(10)2-6(4-11)9(8)12/h2-3H,12H2,1H3. The molecule has 0 aliphatic rings. The molecule has 1 aromatic carbocycles. The largest absolute Gasteiger partial charge is 0.397 e. The number of halogens is 1. The van der Waals surface area contributed by atoms with Crippen LogP contribution in [0.5, 0.6) is 0 Å². The van der Waals surface area contributed by atoms with Crippen LogP contribution in [0.1, 0.15) is 22.8 Å². The summed E-state index contributed by atoms with van der Waals surface area (Å²) in [5.74, 6) is -0.982. The summed E-state index contributed by atoms with van der Waals surface area (Å²) in [6.07, 6.45) is 0. The van der Waals surface area contributed by atoms with E-state index >= 15 is 0 Å². The van der Waals surface area contributed by atoms with Gasteiger partial charge in [0, 0.05) is 5.56 Å². The number of carbonyl (C=O) groups is 1. The number of nitrogens with two attached hydrogens (primary N) is 1. The normalized spacial score (nSPS) is 9.31. The molecular weight excluding hydrogens is 171 g/mol. The van der Waals surface area contributed by atoms with Crippen LogP contribution in [0.4, 0.5) is 10.1 Å². The predicted molar refractivity (Wildman–Crippen MR) is 45.5 cm³/mol. The Morgan fingerprint density at radius 2 is 2.23 bits per heavy atom. The number of anilines is 1. The molecule has 13 heavy (non-hydrogen) atoms. The van der Waals surface area contributed by atoms with Gasteiger partial charge in [0.2, 0.25) is 0 Å². The quantitative estimate of drug-likeness (QED) is 0.523. The number of hydrogen-bond acceptors (Lipinski definition) is 3. The van der Waals surface area contributed by atoms with Gasteiger partial charge in [-0.05, 0) is 19.1 Å². The van der Waals surface area contributed by atoms with Crippen LogP contribution in [-0.4, -0.2) is 5.78 Å². The molecule has 3 nitrogen and oxygen atoms in total. The number of nitriles is 1. The van der Waals surface area contributed by atoms with Gasteiger partial charge in [0.1, 0.15) is 11.9 Å². The summed E-state index contributed by atoms with van der Waals surface area (Å²) in [7, 11) is 0. The molecular formula is C9H7FN2O. The molecule has 0 unspecified atom stereocenters. The Balaban J connectivity index is 3.47. The van der Waals surface area contributed by atoms with Crippen LogP contribution in [0, 0.1) is 17.1 Å². The van der Waals surface area contributed by atoms with Crippen molar-refractivity contribution in [1.29, 1.82) is 5.26 Å². The van der Waals surface area contributed by atoms with Crippen molar-refractivity contribution in [2.75, 3.05) is 5.73 Å². The zero-order chi connectivity index (χ0) is 10.0. The van der Waals surface area contributed by atoms with Crippen molar-refractivity contribution in [3.63, 3.8) is 0 Å². The highest BCUT2D eigenvalue weighted by Gasteiger charge is 2.10. The molecule has 0 amide bonds. The maximum atomic E-state index is 12.8. The highest BCUT2D eigenvalue weighted by Crippen LogP contribution is 2.19. The molecule has 0 heterocycles. The average molecular weight is 178 g/mol. The molecule has 2 N–H and O–H groups in total. The number of carbonyl (C=O) groups excluding carboxylic acids is 1. The van der Waals surface area contributed by atoms with Crippen molar-refractivity contribution in [1.82, 2.24) is 0 Å². The molecule has 0 saturated carbocycles. The van der Waals surface area contributed by atoms with E-state index in [9.17, 15) is 9.18 Å². The predicted octanol–water partition coefficient (Wildman–Crippen LogP) is 1.48. The lowest BCUT2D eigenvalue weighted by Crippen LogP contribution is -2.03. The van der Waals surface area contributed by atoms with Gasteiger partial charge < -0.3 is 5.73 Å². The molecule has 0 spiro atoms. The van der Waals surface area contributed by atoms with Crippen LogP contribution >= 0.6 is 0 Å². The number of benzene rings is 1. The molecule has 0 radical (unpaired) electrons. The van der Waals surface area contributed by atoms with E-state index in [1.54, 1.807) is 6.07 Å². The first-order chi connectivity index (χ1) is 6.06. The summed E-state index contributed by atoms with van der Waals surface area (Å²) in [5.41, 5.74) is 5.54. The molecule has 4 heteroatoms. The van der Waals surface area contributed by atoms with E-state index in [4.69, 9.17) is 11.0 Å². The fraction of sp³-hybridized carbons (Fsp3) is 0.111. The summed E-state index contributed by atoms with van der Waals surface area (Å²) in [4.78, 5) is 10.9. The van der Waals surface area contributed by atoms with Crippen LogP contribution in [0.3, 0.4) is 0 Å². The van der Waals surface area contributed by atoms with Gasteiger partial charge in [-0.2, -0.15) is 5.26 Å². The van der Waals surface area contributed by atoms with Crippen LogP contribution in [0.25, 0.3) is 0 Å². The highest BCUT2D eigenvalue weighted by atomic mass is 19.1. The first-order valence-corrected chi connectivity index (χ1v) is 3.56. The second kappa shape index (κ2) is 3.23. The lowest BCUT2D eigenvalue weighted by Gasteiger charge is -2.03. The summed E-state index contributed by atoms with van der Waals surface area (Å²) < 4.78 is 12.8. The molecule has 0 bridgehead atoms. The van der Waals surface area contributed by atoms with Gasteiger partial charge >= 0.3 is 0 Å². The summed E-state index contributed by atoms with van der Waals surface area (Å²) in [5, 5.41) is 8.54. The molecule has 66 valence electrons. The number of ketones is 1. The Morgan fingerprint density at radius 1 is 1.62 bits per heavy atom. The molecule has 1 rings (SSSR count). The number of nitrogen functional groups attached to an aromatic ring is 1. The van der Waals surface area contributed by atoms with Gasteiger partial charge in [-0.15, -0.1) is 0 Å². The fourth-order valence-corrected chi connectivity index (χ4v) is 1.00. The number of Topliss-reactive ketones (excluding diaryl/α,β-unsaturated/α-hetero) is 1. The zero-order valence-corrected chi connectivity index (χ0v) is 6.97. The average Bonchev–Trinajstić information content (AvgIpc) is 2.08. The molecule has 0 aliphatic heterocycles. The van der Waals surface area contributed by atoms with Crippen molar-refractivity contribution in [3.8, 4) is 6.07 Å². The van der Waals surface area contributed by atoms with Crippen molar-refractivity contribution >= 4 is 11.5 Å². The van der Waals surface area contributed by atoms with Crippen LogP contribution in [0.2, 0.25) is 0 Å². The van der Waals surface area contributed by atoms with Gasteiger partial charge in [-0.25, -0.2) is 4.39 Å². The zero-order valence-electron chi connectivity index (χ0n) is 6.97. The third kappa shape index (κ3) is 1.64. The Morgan fingerprint density at radius 3 is 2.69 bits per heavy atom. The van der Waals surface area contributed by atoms with E-state index in [1.807, 2.05) is 0 Å². The molecule has 0 fully saturated rings. The fourth-order valence-electron chi connectivity index (χ4n) is 1.00. The minimum atomic E-state index is -0.629. The second-order valence-electron chi connectivity index (χ2n) is 2.58. The number of rotatable bonds is 1. The Kier molecular flexibility index (Phi) is 2.29. The highest BCUT2D eigenvalue weighted by molar-refractivity contribution is 6.00. The lowest BCUT2D eigenvalue weighted by molar-refractivity contribution is 0.101. The van der Waals surface area contributed by atoms with Crippen LogP contribution < -0.4 is 5.73 Å². The summed E-state index contributed by atoms with van der Waals surface area (Å²) >= 11 is 0. The van der Waals surface area contributed by atoms with E-state index in [-0.39, 0.29) is 22.6 Å². The smallest absolute Gasteiger partial charge is 0.162 e. The Bertz CT molecular complexity index is 407. The molecule has 0 aromatic heterocycles. The first-order valence-electron chi connectivity index (χ1n) is 3.56. The van der Waals surface area contributed by atoms with Crippen LogP contribution in [0.15, 0.2) is 12.1 Å². The van der Waals surface area contributed by atoms with Gasteiger partial charge in [0.05, 0.1) is 11.3 Å². The second-order valence-corrected chi connectivity index (χ2v) is 2.58. The first kappa shape index (κ1) is 9.20. The van der Waals surface area contributed by atoms with E-state index in [0.29, 0.717) is 0 Å². The van der Waals surface area contributed by atoms with Crippen molar-refractivity contribution < 1.29 is 9.18 Å². The molecule has 1 aromatic rings. The van der Waals surface area contributed by atoms with Gasteiger partial charge in [0.25, 0.3) is 0 Å². The van der Waals surface area contributed by atoms with E-state index < -0.39 is 5.82 Å². The minimum absolute atomic E-state index is 0.00907. The van der Waals surface area contributed by atoms with Crippen molar-refractivity contribution in [3.05, 3.63) is 29.1 Å². The SMILES string of the molecule is CC(=O)c1cc(F)cc(C#N)c1N. The third-order valence-corrected chi connectivity index (χ3v) is 1.64. The van der Waals surface area contributed by atoms with E-state index in [1.165, 1.54) is 6.92 Å². The molecule has 0 aliphatic carbocycles. The molecule has 0 atom stereocenters. The van der Waals surface area contributed by atoms with Gasteiger partial charge in [-0.3, -0.25) is 4.79 Å². The number of hydrogen-bond donors (Lipinski definition) is 1. The van der Waals surface area contributed by atoms with E-state index in [0.717, 1.165) is 12.1 Å². The lowest BCUT2D eigenvalue weighted by atomic mass is 10.1.